The number of nitrogens with zero attached hydrogens (tertiary/aromatic N) is 2. The zero-order valence-corrected chi connectivity index (χ0v) is 22.6. The van der Waals surface area contributed by atoms with Crippen molar-refractivity contribution in [1.29, 1.82) is 0 Å². The minimum absolute atomic E-state index is 0.451. The van der Waals surface area contributed by atoms with Crippen LogP contribution in [0.2, 0.25) is 0 Å². The molecule has 2 aliphatic heterocycles. The Morgan fingerprint density at radius 3 is 1.28 bits per heavy atom. The van der Waals surface area contributed by atoms with Crippen LogP contribution in [0.3, 0.4) is 0 Å². The number of rotatable bonds is 15. The van der Waals surface area contributed by atoms with Crippen LogP contribution in [0.25, 0.3) is 0 Å². The number of hydrogen-bond donors (Lipinski definition) is 2. The van der Waals surface area contributed by atoms with Crippen LogP contribution < -0.4 is 10.6 Å². The summed E-state index contributed by atoms with van der Waals surface area (Å²) in [4.78, 5) is 5.32. The molecule has 0 aromatic heterocycles. The molecule has 2 atom stereocenters. The highest BCUT2D eigenvalue weighted by Crippen LogP contribution is 2.19. The molecule has 198 valence electrons. The summed E-state index contributed by atoms with van der Waals surface area (Å²) in [5.41, 5.74) is 2.88. The molecule has 2 N–H and O–H groups in total. The van der Waals surface area contributed by atoms with Gasteiger partial charge in [0, 0.05) is 25.2 Å². The summed E-state index contributed by atoms with van der Waals surface area (Å²) >= 11 is 0. The van der Waals surface area contributed by atoms with Gasteiger partial charge in [-0.25, -0.2) is 0 Å². The van der Waals surface area contributed by atoms with Crippen molar-refractivity contribution in [2.75, 3.05) is 52.4 Å². The molecule has 0 spiro atoms. The summed E-state index contributed by atoms with van der Waals surface area (Å²) in [5.74, 6) is 0. The molecule has 2 fully saturated rings. The molecule has 0 unspecified atom stereocenters. The van der Waals surface area contributed by atoms with Gasteiger partial charge in [0.1, 0.15) is 0 Å². The second kappa shape index (κ2) is 16.2. The molecule has 2 aliphatic rings. The number of nitrogens with one attached hydrogen (secondary N) is 2. The average molecular weight is 491 g/mol. The summed E-state index contributed by atoms with van der Waals surface area (Å²) in [6, 6.07) is 23.1. The van der Waals surface area contributed by atoms with Gasteiger partial charge in [0.15, 0.2) is 0 Å². The Balaban J connectivity index is 1.14. The Bertz CT molecular complexity index is 730. The number of piperidine rings is 2. The van der Waals surface area contributed by atoms with Crippen molar-refractivity contribution in [3.8, 4) is 0 Å². The van der Waals surface area contributed by atoms with E-state index >= 15 is 0 Å². The SMILES string of the molecule is c1ccc([C@H](CN2CCCCC2)NCCCCCCN[C@@H](CN2CCCCC2)c2ccccc2)cc1. The van der Waals surface area contributed by atoms with Crippen LogP contribution >= 0.6 is 0 Å². The van der Waals surface area contributed by atoms with E-state index in [1.54, 1.807) is 0 Å². The summed E-state index contributed by atoms with van der Waals surface area (Å²) in [5, 5.41) is 7.79. The lowest BCUT2D eigenvalue weighted by Gasteiger charge is -2.31. The van der Waals surface area contributed by atoms with Crippen LogP contribution in [0.1, 0.15) is 87.4 Å². The second-order valence-corrected chi connectivity index (χ2v) is 11.0. The van der Waals surface area contributed by atoms with E-state index in [1.165, 1.54) is 102 Å². The molecule has 0 bridgehead atoms. The fourth-order valence-corrected chi connectivity index (χ4v) is 5.90. The maximum absolute atomic E-state index is 3.90. The minimum atomic E-state index is 0.451. The van der Waals surface area contributed by atoms with E-state index in [0.29, 0.717) is 12.1 Å². The monoisotopic (exact) mass is 490 g/mol. The lowest BCUT2D eigenvalue weighted by atomic mass is 10.0. The molecule has 2 aromatic rings. The van der Waals surface area contributed by atoms with Crippen LogP contribution in [-0.2, 0) is 0 Å². The van der Waals surface area contributed by atoms with Crippen LogP contribution in [0.15, 0.2) is 60.7 Å². The van der Waals surface area contributed by atoms with Crippen LogP contribution in [0.5, 0.6) is 0 Å². The van der Waals surface area contributed by atoms with Crippen molar-refractivity contribution in [3.05, 3.63) is 71.8 Å². The van der Waals surface area contributed by atoms with Gasteiger partial charge in [-0.05, 0) is 88.9 Å². The van der Waals surface area contributed by atoms with Crippen molar-refractivity contribution in [2.45, 2.75) is 76.3 Å². The van der Waals surface area contributed by atoms with Crippen LogP contribution in [0, 0.1) is 0 Å². The van der Waals surface area contributed by atoms with Gasteiger partial charge < -0.3 is 20.4 Å². The predicted octanol–water partition coefficient (Wildman–Crippen LogP) is 6.18. The summed E-state index contributed by atoms with van der Waals surface area (Å²) in [6.45, 7) is 9.57. The smallest absolute Gasteiger partial charge is 0.0449 e. The third kappa shape index (κ3) is 9.63. The van der Waals surface area contributed by atoms with E-state index in [1.807, 2.05) is 0 Å². The van der Waals surface area contributed by atoms with Gasteiger partial charge in [-0.1, -0.05) is 86.3 Å². The predicted molar refractivity (Wildman–Crippen MR) is 153 cm³/mol. The first kappa shape index (κ1) is 27.3. The minimum Gasteiger partial charge on any atom is -0.309 e. The van der Waals surface area contributed by atoms with Gasteiger partial charge in [0.05, 0.1) is 0 Å². The Hall–Kier alpha value is -1.72. The first-order valence-corrected chi connectivity index (χ1v) is 14.9. The number of hydrogen-bond acceptors (Lipinski definition) is 4. The Morgan fingerprint density at radius 2 is 0.889 bits per heavy atom. The fourth-order valence-electron chi connectivity index (χ4n) is 5.90. The highest BCUT2D eigenvalue weighted by atomic mass is 15.2. The first-order chi connectivity index (χ1) is 17.9. The summed E-state index contributed by atoms with van der Waals surface area (Å²) in [6.07, 6.45) is 13.4. The van der Waals surface area contributed by atoms with Crippen molar-refractivity contribution in [3.63, 3.8) is 0 Å². The molecular weight excluding hydrogens is 440 g/mol. The second-order valence-electron chi connectivity index (χ2n) is 11.0. The van der Waals surface area contributed by atoms with E-state index in [4.69, 9.17) is 0 Å². The topological polar surface area (TPSA) is 30.5 Å². The van der Waals surface area contributed by atoms with E-state index in [9.17, 15) is 0 Å². The van der Waals surface area contributed by atoms with E-state index < -0.39 is 0 Å². The molecule has 2 heterocycles. The standard InChI is InChI=1S/C32H50N4/c1(11-21-33-31(29-17-7-3-8-18-29)27-35-23-13-5-14-24-35)2-12-22-34-32(30-19-9-4-10-20-30)28-36-25-15-6-16-26-36/h3-4,7-10,17-20,31-34H,1-2,5-6,11-16,21-28H2/t31-,32-/m0/s1. The highest BCUT2D eigenvalue weighted by molar-refractivity contribution is 5.20. The van der Waals surface area contributed by atoms with E-state index in [-0.39, 0.29) is 0 Å². The third-order valence-corrected chi connectivity index (χ3v) is 8.07. The fraction of sp³-hybridized carbons (Fsp3) is 0.625. The van der Waals surface area contributed by atoms with Crippen LogP contribution in [0.4, 0.5) is 0 Å². The van der Waals surface area contributed by atoms with Gasteiger partial charge in [0.25, 0.3) is 0 Å². The molecule has 0 saturated carbocycles. The van der Waals surface area contributed by atoms with E-state index in [2.05, 4.69) is 81.1 Å². The zero-order chi connectivity index (χ0) is 24.7. The van der Waals surface area contributed by atoms with E-state index in [0.717, 1.165) is 26.2 Å². The van der Waals surface area contributed by atoms with Crippen molar-refractivity contribution in [1.82, 2.24) is 20.4 Å². The zero-order valence-electron chi connectivity index (χ0n) is 22.6. The Morgan fingerprint density at radius 1 is 0.500 bits per heavy atom. The average Bonchev–Trinajstić information content (AvgIpc) is 2.95. The normalized spacial score (nSPS) is 19.2. The molecule has 2 saturated heterocycles. The summed E-state index contributed by atoms with van der Waals surface area (Å²) in [7, 11) is 0. The molecule has 0 amide bonds. The molecule has 4 nitrogen and oxygen atoms in total. The largest absolute Gasteiger partial charge is 0.309 e. The van der Waals surface area contributed by atoms with Crippen molar-refractivity contribution in [2.24, 2.45) is 0 Å². The Kier molecular flexibility index (Phi) is 12.3. The number of likely N-dealkylation sites (tertiary alicyclic amines) is 2. The maximum atomic E-state index is 3.90. The molecule has 0 radical (unpaired) electrons. The van der Waals surface area contributed by atoms with Gasteiger partial charge in [0.2, 0.25) is 0 Å². The molecule has 4 heteroatoms. The first-order valence-electron chi connectivity index (χ1n) is 14.9. The lowest BCUT2D eigenvalue weighted by molar-refractivity contribution is 0.204. The molecule has 2 aromatic carbocycles. The Labute approximate surface area is 220 Å². The molecule has 4 rings (SSSR count). The lowest BCUT2D eigenvalue weighted by Crippen LogP contribution is -2.38. The number of benzene rings is 2. The van der Waals surface area contributed by atoms with Gasteiger partial charge in [-0.15, -0.1) is 0 Å². The number of unbranched alkanes of at least 4 members (excludes halogenated alkanes) is 3. The summed E-state index contributed by atoms with van der Waals surface area (Å²) < 4.78 is 0. The van der Waals surface area contributed by atoms with Gasteiger partial charge >= 0.3 is 0 Å². The molecule has 0 aliphatic carbocycles. The van der Waals surface area contributed by atoms with Gasteiger partial charge in [-0.3, -0.25) is 0 Å². The quantitative estimate of drug-likeness (QED) is 0.292. The van der Waals surface area contributed by atoms with Gasteiger partial charge in [-0.2, -0.15) is 0 Å². The highest BCUT2D eigenvalue weighted by Gasteiger charge is 2.18. The van der Waals surface area contributed by atoms with Crippen molar-refractivity contribution >= 4 is 0 Å². The van der Waals surface area contributed by atoms with Crippen LogP contribution in [-0.4, -0.2) is 62.2 Å². The van der Waals surface area contributed by atoms with Crippen molar-refractivity contribution < 1.29 is 0 Å². The maximum Gasteiger partial charge on any atom is 0.0449 e. The molecule has 36 heavy (non-hydrogen) atoms. The molecular formula is C32H50N4. The third-order valence-electron chi connectivity index (χ3n) is 8.07.